The number of allylic oxidation sites excluding steroid dienone is 2. The molecule has 0 saturated carbocycles. The van der Waals surface area contributed by atoms with Crippen molar-refractivity contribution in [2.75, 3.05) is 13.2 Å². The smallest absolute Gasteiger partial charge is 0.247 e. The van der Waals surface area contributed by atoms with Crippen LogP contribution in [-0.2, 0) is 9.63 Å². The third-order valence-corrected chi connectivity index (χ3v) is 4.47. The zero-order valence-corrected chi connectivity index (χ0v) is 17.4. The van der Waals surface area contributed by atoms with E-state index >= 15 is 0 Å². The first-order valence-electron chi connectivity index (χ1n) is 10.7. The second kappa shape index (κ2) is 20.6. The number of nitrogens with zero attached hydrogens (tertiary/aromatic N) is 1. The molecular weight excluding hydrogens is 334 g/mol. The fourth-order valence-electron chi connectivity index (χ4n) is 2.88. The predicted molar refractivity (Wildman–Crippen MR) is 115 cm³/mol. The van der Waals surface area contributed by atoms with Crippen molar-refractivity contribution in [1.29, 1.82) is 0 Å². The number of rotatable bonds is 18. The molecule has 0 spiro atoms. The summed E-state index contributed by atoms with van der Waals surface area (Å²) < 4.78 is 0. The van der Waals surface area contributed by atoms with Crippen molar-refractivity contribution in [2.24, 2.45) is 0 Å². The van der Waals surface area contributed by atoms with Gasteiger partial charge in [0.2, 0.25) is 5.91 Å². The molecule has 0 atom stereocenters. The minimum atomic E-state index is -0.0826. The second-order valence-electron chi connectivity index (χ2n) is 6.95. The molecule has 0 heterocycles. The van der Waals surface area contributed by atoms with Crippen LogP contribution in [0.25, 0.3) is 0 Å². The maximum Gasteiger partial charge on any atom is 0.247 e. The van der Waals surface area contributed by atoms with Crippen molar-refractivity contribution < 1.29 is 9.63 Å². The number of carbonyl (C=O) groups excluding carboxylic acids is 1. The molecule has 0 N–H and O–H groups in total. The first-order chi connectivity index (χ1) is 13.3. The summed E-state index contributed by atoms with van der Waals surface area (Å²) in [6.45, 7) is 2.47. The first kappa shape index (κ1) is 25.3. The summed E-state index contributed by atoms with van der Waals surface area (Å²) in [6, 6.07) is 0. The lowest BCUT2D eigenvalue weighted by molar-refractivity contribution is -0.177. The normalized spacial score (nSPS) is 10.6. The van der Waals surface area contributed by atoms with Gasteiger partial charge >= 0.3 is 0 Å². The van der Waals surface area contributed by atoms with Crippen LogP contribution in [0.5, 0.6) is 0 Å². The van der Waals surface area contributed by atoms with Crippen molar-refractivity contribution in [2.45, 2.75) is 96.8 Å². The highest BCUT2D eigenvalue weighted by molar-refractivity contribution is 5.75. The van der Waals surface area contributed by atoms with Gasteiger partial charge in [-0.15, -0.1) is 12.8 Å². The lowest BCUT2D eigenvalue weighted by atomic mass is 10.1. The SMILES string of the molecule is C#CCON(CC#C)C(=O)CCCCCCC/C=C/CCCCCCCC. The third-order valence-electron chi connectivity index (χ3n) is 4.47. The molecule has 0 bridgehead atoms. The Labute approximate surface area is 167 Å². The van der Waals surface area contributed by atoms with Crippen LogP contribution in [0.3, 0.4) is 0 Å². The molecule has 152 valence electrons. The fourth-order valence-corrected chi connectivity index (χ4v) is 2.88. The molecule has 0 aliphatic carbocycles. The molecule has 0 aromatic heterocycles. The molecule has 0 aromatic carbocycles. The predicted octanol–water partition coefficient (Wildman–Crippen LogP) is 6.05. The number of hydroxylamine groups is 2. The van der Waals surface area contributed by atoms with Gasteiger partial charge < -0.3 is 0 Å². The van der Waals surface area contributed by atoms with Gasteiger partial charge in [0.1, 0.15) is 13.2 Å². The van der Waals surface area contributed by atoms with Gasteiger partial charge in [-0.05, 0) is 32.1 Å². The highest BCUT2D eigenvalue weighted by Gasteiger charge is 2.12. The minimum absolute atomic E-state index is 0.0692. The van der Waals surface area contributed by atoms with E-state index in [-0.39, 0.29) is 19.1 Å². The van der Waals surface area contributed by atoms with E-state index in [4.69, 9.17) is 17.7 Å². The van der Waals surface area contributed by atoms with Crippen molar-refractivity contribution in [3.63, 3.8) is 0 Å². The summed E-state index contributed by atoms with van der Waals surface area (Å²) in [4.78, 5) is 17.2. The molecule has 0 unspecified atom stereocenters. The zero-order valence-electron chi connectivity index (χ0n) is 17.4. The Balaban J connectivity index is 3.48. The Morgan fingerprint density at radius 2 is 1.41 bits per heavy atom. The highest BCUT2D eigenvalue weighted by Crippen LogP contribution is 2.10. The van der Waals surface area contributed by atoms with Crippen LogP contribution in [0.1, 0.15) is 96.8 Å². The molecule has 0 aliphatic rings. The van der Waals surface area contributed by atoms with Gasteiger partial charge in [-0.1, -0.05) is 82.3 Å². The van der Waals surface area contributed by atoms with E-state index < -0.39 is 0 Å². The van der Waals surface area contributed by atoms with E-state index in [0.29, 0.717) is 6.42 Å². The van der Waals surface area contributed by atoms with Gasteiger partial charge in [0.15, 0.2) is 0 Å². The zero-order chi connectivity index (χ0) is 20.0. The quantitative estimate of drug-likeness (QED) is 0.127. The van der Waals surface area contributed by atoms with Crippen LogP contribution < -0.4 is 0 Å². The number of amides is 1. The number of unbranched alkanes of at least 4 members (excludes halogenated alkanes) is 11. The Bertz CT molecular complexity index is 456. The summed E-state index contributed by atoms with van der Waals surface area (Å²) in [5.41, 5.74) is 0. The Morgan fingerprint density at radius 1 is 0.852 bits per heavy atom. The van der Waals surface area contributed by atoms with Crippen LogP contribution in [0.4, 0.5) is 0 Å². The van der Waals surface area contributed by atoms with Crippen LogP contribution in [0.2, 0.25) is 0 Å². The second-order valence-corrected chi connectivity index (χ2v) is 6.95. The number of hydrogen-bond donors (Lipinski definition) is 0. The Morgan fingerprint density at radius 3 is 1.96 bits per heavy atom. The molecule has 0 aliphatic heterocycles. The molecule has 27 heavy (non-hydrogen) atoms. The van der Waals surface area contributed by atoms with Crippen LogP contribution in [0, 0.1) is 24.7 Å². The molecule has 0 radical (unpaired) electrons. The summed E-state index contributed by atoms with van der Waals surface area (Å²) >= 11 is 0. The van der Waals surface area contributed by atoms with Gasteiger partial charge in [0, 0.05) is 6.42 Å². The van der Waals surface area contributed by atoms with Crippen molar-refractivity contribution in [1.82, 2.24) is 5.06 Å². The highest BCUT2D eigenvalue weighted by atomic mass is 16.7. The van der Waals surface area contributed by atoms with E-state index in [0.717, 1.165) is 12.8 Å². The van der Waals surface area contributed by atoms with Gasteiger partial charge in [-0.25, -0.2) is 5.06 Å². The summed E-state index contributed by atoms with van der Waals surface area (Å²) in [5, 5.41) is 1.20. The average molecular weight is 374 g/mol. The van der Waals surface area contributed by atoms with Gasteiger partial charge in [-0.3, -0.25) is 9.63 Å². The number of carbonyl (C=O) groups is 1. The van der Waals surface area contributed by atoms with Gasteiger partial charge in [-0.2, -0.15) is 0 Å². The van der Waals surface area contributed by atoms with Gasteiger partial charge in [0.25, 0.3) is 0 Å². The molecule has 0 rings (SSSR count). The van der Waals surface area contributed by atoms with Crippen LogP contribution >= 0.6 is 0 Å². The summed E-state index contributed by atoms with van der Waals surface area (Å²) in [6.07, 6.45) is 31.6. The standard InChI is InChI=1S/C24H39NO2/c1-4-7-8-9-10-11-12-13-14-15-16-17-18-19-20-21-24(26)25(22-5-2)27-23-6-3/h2-3,13-14H,4,7-12,15-23H2,1H3/b14-13+. The van der Waals surface area contributed by atoms with E-state index in [1.165, 1.54) is 75.7 Å². The maximum atomic E-state index is 12.0. The Kier molecular flexibility index (Phi) is 19.3. The molecule has 3 nitrogen and oxygen atoms in total. The van der Waals surface area contributed by atoms with Crippen molar-refractivity contribution >= 4 is 5.91 Å². The molecule has 3 heteroatoms. The number of hydrogen-bond acceptors (Lipinski definition) is 2. The largest absolute Gasteiger partial charge is 0.273 e. The monoisotopic (exact) mass is 373 g/mol. The van der Waals surface area contributed by atoms with E-state index in [1.54, 1.807) is 0 Å². The lowest BCUT2D eigenvalue weighted by Gasteiger charge is -2.18. The molecule has 0 saturated heterocycles. The van der Waals surface area contributed by atoms with Crippen LogP contribution in [-0.4, -0.2) is 24.1 Å². The van der Waals surface area contributed by atoms with Gasteiger partial charge in [0.05, 0.1) is 0 Å². The summed E-state index contributed by atoms with van der Waals surface area (Å²) in [5.74, 6) is 4.68. The Hall–Kier alpha value is -1.71. The van der Waals surface area contributed by atoms with Crippen LogP contribution in [0.15, 0.2) is 12.2 Å². The minimum Gasteiger partial charge on any atom is -0.273 e. The maximum absolute atomic E-state index is 12.0. The van der Waals surface area contributed by atoms with Crippen molar-refractivity contribution in [3.05, 3.63) is 12.2 Å². The molecule has 1 amide bonds. The number of terminal acetylenes is 2. The average Bonchev–Trinajstić information content (AvgIpc) is 2.68. The molecule has 0 aromatic rings. The molecule has 0 fully saturated rings. The lowest BCUT2D eigenvalue weighted by Crippen LogP contribution is -2.31. The van der Waals surface area contributed by atoms with E-state index in [2.05, 4.69) is 30.9 Å². The third kappa shape index (κ3) is 17.5. The summed E-state index contributed by atoms with van der Waals surface area (Å²) in [7, 11) is 0. The topological polar surface area (TPSA) is 29.5 Å². The molecular formula is C24H39NO2. The fraction of sp³-hybridized carbons (Fsp3) is 0.708. The first-order valence-corrected chi connectivity index (χ1v) is 10.7. The van der Waals surface area contributed by atoms with E-state index in [9.17, 15) is 4.79 Å². The van der Waals surface area contributed by atoms with E-state index in [1.807, 2.05) is 0 Å². The van der Waals surface area contributed by atoms with Crippen molar-refractivity contribution in [3.8, 4) is 24.7 Å².